The number of thioether (sulfide) groups is 1. The van der Waals surface area contributed by atoms with Crippen LogP contribution in [-0.4, -0.2) is 34.6 Å². The quantitative estimate of drug-likeness (QED) is 0.229. The van der Waals surface area contributed by atoms with Crippen LogP contribution in [0.4, 0.5) is 0 Å². The molecular formula is C31H33BrCl2N2O2S. The van der Waals surface area contributed by atoms with Crippen molar-refractivity contribution in [2.75, 3.05) is 5.75 Å². The van der Waals surface area contributed by atoms with Gasteiger partial charge in [0.25, 0.3) is 0 Å². The molecule has 1 saturated carbocycles. The fraction of sp³-hybridized carbons (Fsp3) is 0.355. The summed E-state index contributed by atoms with van der Waals surface area (Å²) in [5, 5.41) is 4.45. The molecule has 1 atom stereocenters. The van der Waals surface area contributed by atoms with Crippen LogP contribution in [0.25, 0.3) is 0 Å². The minimum atomic E-state index is -0.620. The summed E-state index contributed by atoms with van der Waals surface area (Å²) in [6, 6.07) is 22.8. The smallest absolute Gasteiger partial charge is 0.243 e. The van der Waals surface area contributed by atoms with Crippen molar-refractivity contribution >= 4 is 62.7 Å². The molecule has 8 heteroatoms. The van der Waals surface area contributed by atoms with Gasteiger partial charge in [0.05, 0.1) is 5.75 Å². The second-order valence-electron chi connectivity index (χ2n) is 9.93. The van der Waals surface area contributed by atoms with Crippen LogP contribution >= 0.6 is 50.9 Å². The molecule has 3 aromatic rings. The van der Waals surface area contributed by atoms with E-state index in [0.717, 1.165) is 46.8 Å². The van der Waals surface area contributed by atoms with Gasteiger partial charge in [-0.2, -0.15) is 0 Å². The molecule has 0 saturated heterocycles. The van der Waals surface area contributed by atoms with Gasteiger partial charge in [0.2, 0.25) is 11.8 Å². The molecule has 4 rings (SSSR count). The van der Waals surface area contributed by atoms with Crippen LogP contribution in [0.2, 0.25) is 10.0 Å². The Morgan fingerprint density at radius 3 is 2.36 bits per heavy atom. The third kappa shape index (κ3) is 9.28. The minimum absolute atomic E-state index is 0.0762. The van der Waals surface area contributed by atoms with Crippen LogP contribution in [0.15, 0.2) is 77.3 Å². The molecule has 1 N–H and O–H groups in total. The van der Waals surface area contributed by atoms with Crippen molar-refractivity contribution in [2.45, 2.75) is 62.9 Å². The second-order valence-corrected chi connectivity index (χ2v) is 12.7. The van der Waals surface area contributed by atoms with Gasteiger partial charge in [-0.05, 0) is 53.8 Å². The number of nitrogens with zero attached hydrogens (tertiary/aromatic N) is 1. The fourth-order valence-corrected chi connectivity index (χ4v) is 6.59. The predicted molar refractivity (Wildman–Crippen MR) is 166 cm³/mol. The molecule has 0 radical (unpaired) electrons. The van der Waals surface area contributed by atoms with Gasteiger partial charge in [-0.15, -0.1) is 11.8 Å². The van der Waals surface area contributed by atoms with Crippen molar-refractivity contribution in [1.29, 1.82) is 0 Å². The van der Waals surface area contributed by atoms with E-state index in [4.69, 9.17) is 23.2 Å². The summed E-state index contributed by atoms with van der Waals surface area (Å²) in [6.07, 6.45) is 5.89. The van der Waals surface area contributed by atoms with Crippen LogP contribution in [-0.2, 0) is 28.3 Å². The minimum Gasteiger partial charge on any atom is -0.352 e. The van der Waals surface area contributed by atoms with Gasteiger partial charge in [-0.25, -0.2) is 0 Å². The predicted octanol–water partition coefficient (Wildman–Crippen LogP) is 8.08. The van der Waals surface area contributed by atoms with Gasteiger partial charge in [0.1, 0.15) is 6.04 Å². The Balaban J connectivity index is 1.56. The molecule has 0 aliphatic heterocycles. The number of hydrogen-bond donors (Lipinski definition) is 1. The summed E-state index contributed by atoms with van der Waals surface area (Å²) >= 11 is 17.4. The van der Waals surface area contributed by atoms with E-state index in [0.29, 0.717) is 28.8 Å². The van der Waals surface area contributed by atoms with Gasteiger partial charge in [-0.1, -0.05) is 107 Å². The Morgan fingerprint density at radius 1 is 0.949 bits per heavy atom. The number of benzene rings is 3. The lowest BCUT2D eigenvalue weighted by atomic mass is 9.94. The molecule has 1 aliphatic rings. The van der Waals surface area contributed by atoms with E-state index in [1.54, 1.807) is 17.0 Å². The first-order valence-electron chi connectivity index (χ1n) is 13.3. The van der Waals surface area contributed by atoms with Crippen LogP contribution in [0.5, 0.6) is 0 Å². The second kappa shape index (κ2) is 15.1. The number of amides is 2. The van der Waals surface area contributed by atoms with Crippen LogP contribution in [0, 0.1) is 0 Å². The lowest BCUT2D eigenvalue weighted by Crippen LogP contribution is -2.53. The molecule has 4 nitrogen and oxygen atoms in total. The Labute approximate surface area is 254 Å². The average molecular weight is 648 g/mol. The molecular weight excluding hydrogens is 615 g/mol. The maximum absolute atomic E-state index is 13.8. The first kappa shape index (κ1) is 30.0. The molecule has 0 aromatic heterocycles. The largest absolute Gasteiger partial charge is 0.352 e. The highest BCUT2D eigenvalue weighted by Gasteiger charge is 2.31. The SMILES string of the molecule is O=C(NC1CCCCC1)[C@H](Cc1ccccc1)N(Cc1ccc(Br)cc1)C(=O)CSCc1ccc(Cl)cc1Cl. The van der Waals surface area contributed by atoms with Crippen molar-refractivity contribution in [3.05, 3.63) is 104 Å². The molecule has 0 spiro atoms. The Bertz CT molecular complexity index is 1240. The standard InChI is InChI=1S/C31H33BrCl2N2O2S/c32-25-14-11-23(12-15-25)19-36(30(37)21-39-20-24-13-16-26(33)18-28(24)34)29(17-22-7-3-1-4-8-22)31(38)35-27-9-5-2-6-10-27/h1,3-4,7-8,11-16,18,27,29H,2,5-6,9-10,17,19-21H2,(H,35,38)/t29-/m0/s1. The number of nitrogens with one attached hydrogen (secondary N) is 1. The molecule has 0 unspecified atom stereocenters. The highest BCUT2D eigenvalue weighted by molar-refractivity contribution is 9.10. The molecule has 206 valence electrons. The molecule has 3 aromatic carbocycles. The van der Waals surface area contributed by atoms with E-state index >= 15 is 0 Å². The highest BCUT2D eigenvalue weighted by atomic mass is 79.9. The van der Waals surface area contributed by atoms with Crippen molar-refractivity contribution < 1.29 is 9.59 Å². The van der Waals surface area contributed by atoms with E-state index in [2.05, 4.69) is 21.2 Å². The maximum Gasteiger partial charge on any atom is 0.243 e. The zero-order valence-corrected chi connectivity index (χ0v) is 25.7. The lowest BCUT2D eigenvalue weighted by Gasteiger charge is -2.33. The zero-order valence-electron chi connectivity index (χ0n) is 21.8. The van der Waals surface area contributed by atoms with Crippen molar-refractivity contribution in [3.63, 3.8) is 0 Å². The molecule has 0 bridgehead atoms. The number of halogens is 3. The molecule has 39 heavy (non-hydrogen) atoms. The van der Waals surface area contributed by atoms with Gasteiger partial charge in [0.15, 0.2) is 0 Å². The zero-order chi connectivity index (χ0) is 27.6. The van der Waals surface area contributed by atoms with Crippen molar-refractivity contribution in [1.82, 2.24) is 10.2 Å². The van der Waals surface area contributed by atoms with E-state index in [-0.39, 0.29) is 23.6 Å². The fourth-order valence-electron chi connectivity index (χ4n) is 4.85. The first-order valence-corrected chi connectivity index (χ1v) is 16.0. The molecule has 0 heterocycles. The van der Waals surface area contributed by atoms with E-state index < -0.39 is 6.04 Å². The summed E-state index contributed by atoms with van der Waals surface area (Å²) in [5.74, 6) is 0.651. The van der Waals surface area contributed by atoms with Crippen LogP contribution in [0.1, 0.15) is 48.8 Å². The summed E-state index contributed by atoms with van der Waals surface area (Å²) < 4.78 is 0.968. The summed E-state index contributed by atoms with van der Waals surface area (Å²) in [7, 11) is 0. The Kier molecular flexibility index (Phi) is 11.6. The third-order valence-electron chi connectivity index (χ3n) is 6.99. The van der Waals surface area contributed by atoms with Crippen molar-refractivity contribution in [2.24, 2.45) is 0 Å². The van der Waals surface area contributed by atoms with Gasteiger partial charge < -0.3 is 10.2 Å². The summed E-state index contributed by atoms with van der Waals surface area (Å²) in [5.41, 5.74) is 2.92. The number of carbonyl (C=O) groups excluding carboxylic acids is 2. The first-order chi connectivity index (χ1) is 18.9. The Hall–Kier alpha value is -1.99. The average Bonchev–Trinajstić information content (AvgIpc) is 2.94. The topological polar surface area (TPSA) is 49.4 Å². The van der Waals surface area contributed by atoms with Gasteiger partial charge >= 0.3 is 0 Å². The Morgan fingerprint density at radius 2 is 1.67 bits per heavy atom. The number of rotatable bonds is 11. The molecule has 2 amide bonds. The summed E-state index contributed by atoms with van der Waals surface area (Å²) in [6.45, 7) is 0.351. The molecule has 1 aliphatic carbocycles. The lowest BCUT2D eigenvalue weighted by molar-refractivity contribution is -0.139. The highest BCUT2D eigenvalue weighted by Crippen LogP contribution is 2.26. The van der Waals surface area contributed by atoms with Crippen LogP contribution in [0.3, 0.4) is 0 Å². The number of hydrogen-bond acceptors (Lipinski definition) is 3. The third-order valence-corrected chi connectivity index (χ3v) is 9.07. The number of carbonyl (C=O) groups is 2. The monoisotopic (exact) mass is 646 g/mol. The van der Waals surface area contributed by atoms with Crippen molar-refractivity contribution in [3.8, 4) is 0 Å². The van der Waals surface area contributed by atoms with E-state index in [1.165, 1.54) is 18.2 Å². The molecule has 1 fully saturated rings. The van der Waals surface area contributed by atoms with Gasteiger partial charge in [0, 0.05) is 39.3 Å². The van der Waals surface area contributed by atoms with Crippen LogP contribution < -0.4 is 5.32 Å². The summed E-state index contributed by atoms with van der Waals surface area (Å²) in [4.78, 5) is 29.4. The van der Waals surface area contributed by atoms with E-state index in [9.17, 15) is 9.59 Å². The van der Waals surface area contributed by atoms with Gasteiger partial charge in [-0.3, -0.25) is 9.59 Å². The normalized spacial score (nSPS) is 14.5. The van der Waals surface area contributed by atoms with E-state index in [1.807, 2.05) is 60.7 Å². The maximum atomic E-state index is 13.8.